The number of nitrogens with one attached hydrogen (secondary N) is 1. The number of pyridine rings is 1. The molecule has 1 aromatic carbocycles. The van der Waals surface area contributed by atoms with E-state index in [1.807, 2.05) is 6.07 Å². The topological polar surface area (TPSA) is 86.0 Å². The molecule has 1 heterocycles. The van der Waals surface area contributed by atoms with E-state index in [0.717, 1.165) is 0 Å². The summed E-state index contributed by atoms with van der Waals surface area (Å²) in [6.07, 6.45) is 1.34. The number of aromatic nitrogens is 1. The van der Waals surface area contributed by atoms with Crippen LogP contribution >= 0.6 is 0 Å². The van der Waals surface area contributed by atoms with E-state index in [-0.39, 0.29) is 17.4 Å². The number of nitrogens with zero attached hydrogens (tertiary/aromatic N) is 2. The second-order valence-corrected chi connectivity index (χ2v) is 4.00. The van der Waals surface area contributed by atoms with Crippen LogP contribution in [0.25, 0.3) is 0 Å². The van der Waals surface area contributed by atoms with E-state index in [9.17, 15) is 9.90 Å². The summed E-state index contributed by atoms with van der Waals surface area (Å²) in [5.41, 5.74) is 1.87. The Morgan fingerprint density at radius 2 is 2.16 bits per heavy atom. The molecular weight excluding hydrogens is 242 g/mol. The number of phenols is 1. The minimum absolute atomic E-state index is 0.175. The number of rotatable bonds is 2. The van der Waals surface area contributed by atoms with Crippen molar-refractivity contribution in [2.24, 2.45) is 0 Å². The third-order valence-corrected chi connectivity index (χ3v) is 2.58. The van der Waals surface area contributed by atoms with Gasteiger partial charge in [0, 0.05) is 11.9 Å². The zero-order valence-electron chi connectivity index (χ0n) is 10.2. The number of carbonyl (C=O) groups is 1. The van der Waals surface area contributed by atoms with Crippen LogP contribution in [-0.2, 0) is 0 Å². The highest BCUT2D eigenvalue weighted by molar-refractivity contribution is 6.02. The fourth-order valence-electron chi connectivity index (χ4n) is 1.52. The van der Waals surface area contributed by atoms with Crippen molar-refractivity contribution in [3.05, 3.63) is 53.3 Å². The summed E-state index contributed by atoms with van der Waals surface area (Å²) in [4.78, 5) is 15.8. The Bertz CT molecular complexity index is 657. The van der Waals surface area contributed by atoms with Gasteiger partial charge >= 0.3 is 0 Å². The van der Waals surface area contributed by atoms with Crippen molar-refractivity contribution in [2.45, 2.75) is 6.92 Å². The molecule has 0 saturated heterocycles. The molecule has 1 aromatic heterocycles. The van der Waals surface area contributed by atoms with E-state index in [1.165, 1.54) is 24.4 Å². The molecule has 94 valence electrons. The van der Waals surface area contributed by atoms with Crippen molar-refractivity contribution < 1.29 is 9.90 Å². The van der Waals surface area contributed by atoms with Gasteiger partial charge in [-0.05, 0) is 42.8 Å². The van der Waals surface area contributed by atoms with Gasteiger partial charge in [-0.1, -0.05) is 0 Å². The molecule has 0 aliphatic heterocycles. The Morgan fingerprint density at radius 1 is 1.37 bits per heavy atom. The first-order valence-electron chi connectivity index (χ1n) is 5.57. The van der Waals surface area contributed by atoms with Gasteiger partial charge < -0.3 is 10.4 Å². The van der Waals surface area contributed by atoms with Gasteiger partial charge in [0.05, 0.1) is 5.56 Å². The molecule has 1 amide bonds. The van der Waals surface area contributed by atoms with Crippen molar-refractivity contribution >= 4 is 11.6 Å². The number of phenolic OH excluding ortho intramolecular Hbond substituents is 1. The lowest BCUT2D eigenvalue weighted by Gasteiger charge is -2.06. The van der Waals surface area contributed by atoms with Crippen molar-refractivity contribution in [1.29, 1.82) is 5.26 Å². The Hall–Kier alpha value is -2.87. The molecule has 0 saturated carbocycles. The van der Waals surface area contributed by atoms with Crippen LogP contribution in [-0.4, -0.2) is 16.0 Å². The normalized spacial score (nSPS) is 9.68. The summed E-state index contributed by atoms with van der Waals surface area (Å²) in [6, 6.07) is 9.73. The Morgan fingerprint density at radius 3 is 2.74 bits per heavy atom. The molecule has 0 spiro atoms. The summed E-state index contributed by atoms with van der Waals surface area (Å²) in [6.45, 7) is 1.74. The molecule has 0 fully saturated rings. The molecule has 0 aliphatic carbocycles. The molecule has 2 aromatic rings. The number of nitriles is 1. The van der Waals surface area contributed by atoms with E-state index in [1.54, 1.807) is 19.1 Å². The molecule has 0 atom stereocenters. The average molecular weight is 253 g/mol. The molecule has 0 bridgehead atoms. The van der Waals surface area contributed by atoms with Gasteiger partial charge in [0.15, 0.2) is 0 Å². The van der Waals surface area contributed by atoms with Gasteiger partial charge in [-0.25, -0.2) is 4.98 Å². The maximum atomic E-state index is 11.9. The number of anilines is 1. The second-order valence-electron chi connectivity index (χ2n) is 4.00. The monoisotopic (exact) mass is 253 g/mol. The van der Waals surface area contributed by atoms with E-state index in [4.69, 9.17) is 5.26 Å². The molecule has 2 rings (SSSR count). The number of carbonyl (C=O) groups excluding carboxylic acids is 1. The average Bonchev–Trinajstić information content (AvgIpc) is 2.43. The lowest BCUT2D eigenvalue weighted by atomic mass is 10.2. The summed E-state index contributed by atoms with van der Waals surface area (Å²) in [5, 5.41) is 20.7. The fourth-order valence-corrected chi connectivity index (χ4v) is 1.52. The third-order valence-electron chi connectivity index (χ3n) is 2.58. The minimum atomic E-state index is -0.366. The van der Waals surface area contributed by atoms with Crippen molar-refractivity contribution in [3.63, 3.8) is 0 Å². The lowest BCUT2D eigenvalue weighted by molar-refractivity contribution is 0.102. The maximum absolute atomic E-state index is 11.9. The summed E-state index contributed by atoms with van der Waals surface area (Å²) in [5.74, 6) is -0.191. The minimum Gasteiger partial charge on any atom is -0.508 e. The second kappa shape index (κ2) is 5.19. The molecular formula is C14H11N3O2. The first kappa shape index (κ1) is 12.6. The standard InChI is InChI=1S/C14H11N3O2/c1-9-6-11(3-5-13(9)18)17-14(19)12-4-2-10(7-15)8-16-12/h2-6,8,18H,1H3,(H,17,19). The van der Waals surface area contributed by atoms with Crippen LogP contribution in [0.2, 0.25) is 0 Å². The number of aryl methyl sites for hydroxylation is 1. The smallest absolute Gasteiger partial charge is 0.274 e. The maximum Gasteiger partial charge on any atom is 0.274 e. The molecule has 0 unspecified atom stereocenters. The first-order valence-corrected chi connectivity index (χ1v) is 5.57. The van der Waals surface area contributed by atoms with Crippen LogP contribution in [0.4, 0.5) is 5.69 Å². The van der Waals surface area contributed by atoms with Crippen molar-refractivity contribution in [3.8, 4) is 11.8 Å². The predicted octanol–water partition coefficient (Wildman–Crippen LogP) is 2.22. The van der Waals surface area contributed by atoms with Crippen LogP contribution in [0.1, 0.15) is 21.6 Å². The van der Waals surface area contributed by atoms with Crippen LogP contribution in [0, 0.1) is 18.3 Å². The SMILES string of the molecule is Cc1cc(NC(=O)c2ccc(C#N)cn2)ccc1O. The highest BCUT2D eigenvalue weighted by atomic mass is 16.3. The molecule has 5 nitrogen and oxygen atoms in total. The van der Waals surface area contributed by atoms with E-state index in [0.29, 0.717) is 16.8 Å². The van der Waals surface area contributed by atoms with Gasteiger partial charge in [-0.3, -0.25) is 4.79 Å². The number of hydrogen-bond acceptors (Lipinski definition) is 4. The first-order chi connectivity index (χ1) is 9.10. The van der Waals surface area contributed by atoms with E-state index in [2.05, 4.69) is 10.3 Å². The number of aromatic hydroxyl groups is 1. The van der Waals surface area contributed by atoms with Crippen LogP contribution in [0.3, 0.4) is 0 Å². The highest BCUT2D eigenvalue weighted by Crippen LogP contribution is 2.20. The fraction of sp³-hybridized carbons (Fsp3) is 0.0714. The molecule has 0 aliphatic rings. The highest BCUT2D eigenvalue weighted by Gasteiger charge is 2.08. The summed E-state index contributed by atoms with van der Waals surface area (Å²) in [7, 11) is 0. The van der Waals surface area contributed by atoms with E-state index >= 15 is 0 Å². The van der Waals surface area contributed by atoms with Gasteiger partial charge in [-0.15, -0.1) is 0 Å². The lowest BCUT2D eigenvalue weighted by Crippen LogP contribution is -2.13. The Labute approximate surface area is 110 Å². The largest absolute Gasteiger partial charge is 0.508 e. The van der Waals surface area contributed by atoms with Gasteiger partial charge in [0.1, 0.15) is 17.5 Å². The Kier molecular flexibility index (Phi) is 3.44. The molecule has 0 radical (unpaired) electrons. The molecule has 19 heavy (non-hydrogen) atoms. The van der Waals surface area contributed by atoms with Crippen LogP contribution in [0.5, 0.6) is 5.75 Å². The predicted molar refractivity (Wildman–Crippen MR) is 69.7 cm³/mol. The molecule has 5 heteroatoms. The van der Waals surface area contributed by atoms with E-state index < -0.39 is 0 Å². The number of benzene rings is 1. The van der Waals surface area contributed by atoms with Gasteiger partial charge in [0.2, 0.25) is 0 Å². The van der Waals surface area contributed by atoms with Gasteiger partial charge in [-0.2, -0.15) is 5.26 Å². The molecule has 2 N–H and O–H groups in total. The number of hydrogen-bond donors (Lipinski definition) is 2. The summed E-state index contributed by atoms with van der Waals surface area (Å²) >= 11 is 0. The van der Waals surface area contributed by atoms with Crippen molar-refractivity contribution in [2.75, 3.05) is 5.32 Å². The summed E-state index contributed by atoms with van der Waals surface area (Å²) < 4.78 is 0. The van der Waals surface area contributed by atoms with Gasteiger partial charge in [0.25, 0.3) is 5.91 Å². The zero-order chi connectivity index (χ0) is 13.8. The van der Waals surface area contributed by atoms with Crippen LogP contribution in [0.15, 0.2) is 36.5 Å². The van der Waals surface area contributed by atoms with Crippen molar-refractivity contribution in [1.82, 2.24) is 4.98 Å². The number of amides is 1. The Balaban J connectivity index is 2.16. The zero-order valence-corrected chi connectivity index (χ0v) is 10.2. The van der Waals surface area contributed by atoms with Crippen LogP contribution < -0.4 is 5.32 Å². The third kappa shape index (κ3) is 2.87. The quantitative estimate of drug-likeness (QED) is 0.803.